The molecule has 2 aliphatic rings. The first-order valence-electron chi connectivity index (χ1n) is 12.5. The number of hydrogen-bond acceptors (Lipinski definition) is 6. The molecule has 2 aromatic rings. The van der Waals surface area contributed by atoms with Gasteiger partial charge >= 0.3 is 0 Å². The second-order valence-corrected chi connectivity index (χ2v) is 10.4. The van der Waals surface area contributed by atoms with Gasteiger partial charge in [-0.1, -0.05) is 47.7 Å². The Morgan fingerprint density at radius 3 is 2.89 bits per heavy atom. The lowest BCUT2D eigenvalue weighted by Crippen LogP contribution is -2.26. The number of nitrogens with zero attached hydrogens (tertiary/aromatic N) is 3. The van der Waals surface area contributed by atoms with Crippen LogP contribution >= 0.6 is 23.4 Å². The summed E-state index contributed by atoms with van der Waals surface area (Å²) in [7, 11) is 3.32. The molecule has 1 aromatic carbocycles. The predicted octanol–water partition coefficient (Wildman–Crippen LogP) is 5.55. The Kier molecular flexibility index (Phi) is 9.91. The zero-order valence-electron chi connectivity index (χ0n) is 21.3. The summed E-state index contributed by atoms with van der Waals surface area (Å²) in [5.41, 5.74) is 3.23. The standard InChI is InChI=1S/C28H33ClN4O3S/c1-35-24-12-6-11-23(17-24)33-26(31-32-28(33)37-19-20-8-5-10-22(29)16-20)14-7-15-27(34)30-18-21-9-3-4-13-25(21)36-2/h5-6,8-13,17,22H,3-4,7,14-16,18-19H2,1-2H3,(H,30,34). The molecule has 0 saturated heterocycles. The Morgan fingerprint density at radius 2 is 2.08 bits per heavy atom. The lowest BCUT2D eigenvalue weighted by Gasteiger charge is -2.16. The van der Waals surface area contributed by atoms with E-state index < -0.39 is 0 Å². The van der Waals surface area contributed by atoms with E-state index >= 15 is 0 Å². The molecule has 1 heterocycles. The second-order valence-electron chi connectivity index (χ2n) is 8.86. The highest BCUT2D eigenvalue weighted by Crippen LogP contribution is 2.29. The number of carbonyl (C=O) groups excluding carboxylic acids is 1. The molecule has 2 aliphatic carbocycles. The van der Waals surface area contributed by atoms with Crippen LogP contribution in [0.25, 0.3) is 5.69 Å². The maximum Gasteiger partial charge on any atom is 0.220 e. The molecule has 0 spiro atoms. The molecule has 1 aromatic heterocycles. The highest BCUT2D eigenvalue weighted by Gasteiger charge is 2.18. The Morgan fingerprint density at radius 1 is 1.22 bits per heavy atom. The molecule has 37 heavy (non-hydrogen) atoms. The molecule has 0 aliphatic heterocycles. The number of methoxy groups -OCH3 is 2. The fourth-order valence-corrected chi connectivity index (χ4v) is 5.54. The third kappa shape index (κ3) is 7.52. The van der Waals surface area contributed by atoms with Crippen LogP contribution in [0.4, 0.5) is 0 Å². The van der Waals surface area contributed by atoms with Gasteiger partial charge < -0.3 is 14.8 Å². The number of carbonyl (C=O) groups is 1. The fourth-order valence-electron chi connectivity index (χ4n) is 4.29. The highest BCUT2D eigenvalue weighted by atomic mass is 35.5. The number of amides is 1. The number of ether oxygens (including phenoxy) is 2. The highest BCUT2D eigenvalue weighted by molar-refractivity contribution is 7.99. The molecule has 1 amide bonds. The monoisotopic (exact) mass is 540 g/mol. The Labute approximate surface area is 227 Å². The van der Waals surface area contributed by atoms with Gasteiger partial charge in [-0.05, 0) is 43.9 Å². The van der Waals surface area contributed by atoms with Crippen LogP contribution in [0, 0.1) is 0 Å². The van der Waals surface area contributed by atoms with Crippen molar-refractivity contribution in [3.63, 3.8) is 0 Å². The van der Waals surface area contributed by atoms with Gasteiger partial charge in [0.1, 0.15) is 17.3 Å². The summed E-state index contributed by atoms with van der Waals surface area (Å²) in [6, 6.07) is 7.85. The van der Waals surface area contributed by atoms with Crippen molar-refractivity contribution in [2.24, 2.45) is 0 Å². The van der Waals surface area contributed by atoms with E-state index in [-0.39, 0.29) is 11.3 Å². The Hall–Kier alpha value is -2.97. The van der Waals surface area contributed by atoms with Crippen LogP contribution in [0.5, 0.6) is 5.75 Å². The molecule has 0 bridgehead atoms. The minimum atomic E-state index is 0.0110. The average Bonchev–Trinajstić information content (AvgIpc) is 3.33. The molecule has 0 saturated carbocycles. The van der Waals surface area contributed by atoms with Gasteiger partial charge in [-0.15, -0.1) is 21.8 Å². The number of aryl methyl sites for hydroxylation is 1. The van der Waals surface area contributed by atoms with Crippen molar-refractivity contribution in [2.75, 3.05) is 26.5 Å². The lowest BCUT2D eigenvalue weighted by atomic mass is 10.0. The van der Waals surface area contributed by atoms with Gasteiger partial charge in [0.15, 0.2) is 5.16 Å². The molecule has 1 unspecified atom stereocenters. The van der Waals surface area contributed by atoms with E-state index in [0.717, 1.165) is 58.8 Å². The third-order valence-corrected chi connectivity index (χ3v) is 7.55. The van der Waals surface area contributed by atoms with Crippen LogP contribution in [0.3, 0.4) is 0 Å². The SMILES string of the molecule is COC1=CCCC=C1CNC(=O)CCCc1nnc(SCC2=CC=CC(Cl)C2)n1-c1cccc(OC)c1. The molecule has 0 fully saturated rings. The molecular formula is C28H33ClN4O3S. The summed E-state index contributed by atoms with van der Waals surface area (Å²) in [4.78, 5) is 12.5. The zero-order valence-corrected chi connectivity index (χ0v) is 22.9. The number of thioether (sulfide) groups is 1. The van der Waals surface area contributed by atoms with E-state index in [2.05, 4.69) is 38.3 Å². The summed E-state index contributed by atoms with van der Waals surface area (Å²) in [5, 5.41) is 12.8. The van der Waals surface area contributed by atoms with Crippen LogP contribution in [-0.2, 0) is 16.0 Å². The number of aromatic nitrogens is 3. The quantitative estimate of drug-likeness (QED) is 0.281. The van der Waals surface area contributed by atoms with Crippen LogP contribution in [-0.4, -0.2) is 52.6 Å². The average molecular weight is 541 g/mol. The Bertz CT molecular complexity index is 1220. The molecule has 9 heteroatoms. The van der Waals surface area contributed by atoms with Crippen molar-refractivity contribution in [1.29, 1.82) is 0 Å². The fraction of sp³-hybridized carbons (Fsp3) is 0.393. The summed E-state index contributed by atoms with van der Waals surface area (Å²) >= 11 is 7.93. The summed E-state index contributed by atoms with van der Waals surface area (Å²) in [6.07, 6.45) is 14.8. The van der Waals surface area contributed by atoms with Crippen LogP contribution in [0.15, 0.2) is 76.7 Å². The maximum atomic E-state index is 12.5. The number of alkyl halides is 1. The van der Waals surface area contributed by atoms with E-state index in [4.69, 9.17) is 21.1 Å². The normalized spacial score (nSPS) is 17.1. The number of rotatable bonds is 12. The molecule has 1 atom stereocenters. The maximum absolute atomic E-state index is 12.5. The van der Waals surface area contributed by atoms with Crippen molar-refractivity contribution in [1.82, 2.24) is 20.1 Å². The minimum absolute atomic E-state index is 0.0110. The van der Waals surface area contributed by atoms with Crippen molar-refractivity contribution >= 4 is 29.3 Å². The van der Waals surface area contributed by atoms with E-state index in [9.17, 15) is 4.79 Å². The van der Waals surface area contributed by atoms with Gasteiger partial charge in [0, 0.05) is 36.8 Å². The molecule has 0 radical (unpaired) electrons. The predicted molar refractivity (Wildman–Crippen MR) is 148 cm³/mol. The van der Waals surface area contributed by atoms with Gasteiger partial charge in [0.05, 0.1) is 25.3 Å². The minimum Gasteiger partial charge on any atom is -0.497 e. The van der Waals surface area contributed by atoms with E-state index in [1.807, 2.05) is 36.4 Å². The van der Waals surface area contributed by atoms with Gasteiger partial charge in [-0.25, -0.2) is 0 Å². The number of hydrogen-bond donors (Lipinski definition) is 1. The van der Waals surface area contributed by atoms with E-state index in [1.165, 1.54) is 5.57 Å². The smallest absolute Gasteiger partial charge is 0.220 e. The van der Waals surface area contributed by atoms with Crippen molar-refractivity contribution in [3.8, 4) is 11.4 Å². The number of halogens is 1. The molecule has 4 rings (SSSR count). The number of nitrogens with one attached hydrogen (secondary N) is 1. The van der Waals surface area contributed by atoms with Gasteiger partial charge in [-0.3, -0.25) is 9.36 Å². The second kappa shape index (κ2) is 13.5. The molecule has 1 N–H and O–H groups in total. The summed E-state index contributed by atoms with van der Waals surface area (Å²) in [5.74, 6) is 3.22. The van der Waals surface area contributed by atoms with Crippen molar-refractivity contribution < 1.29 is 14.3 Å². The zero-order chi connectivity index (χ0) is 26.0. The topological polar surface area (TPSA) is 78.3 Å². The van der Waals surface area contributed by atoms with E-state index in [0.29, 0.717) is 25.8 Å². The third-order valence-electron chi connectivity index (χ3n) is 6.21. The van der Waals surface area contributed by atoms with Crippen LogP contribution in [0.1, 0.15) is 37.9 Å². The molecule has 7 nitrogen and oxygen atoms in total. The molecule has 196 valence electrons. The largest absolute Gasteiger partial charge is 0.497 e. The first-order valence-corrected chi connectivity index (χ1v) is 13.9. The van der Waals surface area contributed by atoms with Crippen LogP contribution in [0.2, 0.25) is 0 Å². The van der Waals surface area contributed by atoms with Gasteiger partial charge in [-0.2, -0.15) is 0 Å². The molecular weight excluding hydrogens is 508 g/mol. The summed E-state index contributed by atoms with van der Waals surface area (Å²) in [6.45, 7) is 0.480. The summed E-state index contributed by atoms with van der Waals surface area (Å²) < 4.78 is 12.9. The van der Waals surface area contributed by atoms with Gasteiger partial charge in [0.25, 0.3) is 0 Å². The lowest BCUT2D eigenvalue weighted by molar-refractivity contribution is -0.121. The van der Waals surface area contributed by atoms with Crippen LogP contribution < -0.4 is 10.1 Å². The first kappa shape index (κ1) is 27.1. The first-order chi connectivity index (χ1) is 18.1. The number of benzene rings is 1. The van der Waals surface area contributed by atoms with Crippen molar-refractivity contribution in [2.45, 2.75) is 49.1 Å². The number of allylic oxidation sites excluding steroid dienone is 5. The Balaban J connectivity index is 1.40. The van der Waals surface area contributed by atoms with Crippen molar-refractivity contribution in [3.05, 3.63) is 77.4 Å². The van der Waals surface area contributed by atoms with Gasteiger partial charge in [0.2, 0.25) is 5.91 Å². The van der Waals surface area contributed by atoms with E-state index in [1.54, 1.807) is 26.0 Å².